The lowest BCUT2D eigenvalue weighted by Gasteiger charge is -2.39. The van der Waals surface area contributed by atoms with Gasteiger partial charge in [0.05, 0.1) is 13.1 Å². The predicted octanol–water partition coefficient (Wildman–Crippen LogP) is 3.90. The Kier molecular flexibility index (Phi) is 6.45. The van der Waals surface area contributed by atoms with Crippen molar-refractivity contribution in [1.29, 1.82) is 0 Å². The molecule has 0 atom stereocenters. The van der Waals surface area contributed by atoms with Gasteiger partial charge < -0.3 is 9.64 Å². The van der Waals surface area contributed by atoms with Crippen molar-refractivity contribution in [2.45, 2.75) is 24.9 Å². The Morgan fingerprint density at radius 3 is 2.65 bits per heavy atom. The number of benzene rings is 1. The van der Waals surface area contributed by atoms with E-state index in [4.69, 9.17) is 4.74 Å². The van der Waals surface area contributed by atoms with Gasteiger partial charge >= 0.3 is 0 Å². The van der Waals surface area contributed by atoms with Crippen LogP contribution in [0.15, 0.2) is 40.2 Å². The van der Waals surface area contributed by atoms with Crippen LogP contribution in [0.25, 0.3) is 0 Å². The van der Waals surface area contributed by atoms with E-state index in [1.165, 1.54) is 12.1 Å². The molecule has 1 aromatic heterocycles. The van der Waals surface area contributed by atoms with E-state index < -0.39 is 0 Å². The number of amides is 1. The average Bonchev–Trinajstić information content (AvgIpc) is 3.05. The van der Waals surface area contributed by atoms with Crippen LogP contribution in [0.1, 0.15) is 23.3 Å². The number of carbonyl (C=O) groups excluding carboxylic acids is 1. The van der Waals surface area contributed by atoms with E-state index in [-0.39, 0.29) is 23.8 Å². The molecule has 0 spiro atoms. The van der Waals surface area contributed by atoms with Crippen molar-refractivity contribution < 1.29 is 13.9 Å². The number of likely N-dealkylation sites (N-methyl/N-ethyl adjacent to an activating group) is 1. The van der Waals surface area contributed by atoms with Gasteiger partial charge in [-0.25, -0.2) is 4.39 Å². The van der Waals surface area contributed by atoms with Crippen molar-refractivity contribution in [2.24, 2.45) is 0 Å². The number of carbonyl (C=O) groups is 1. The second-order valence-electron chi connectivity index (χ2n) is 6.54. The summed E-state index contributed by atoms with van der Waals surface area (Å²) in [6.07, 6.45) is 1.51. The smallest absolute Gasteiger partial charge is 0.236 e. The molecule has 0 radical (unpaired) electrons. The molecular weight excluding hydrogens is 419 g/mol. The first-order chi connectivity index (χ1) is 12.5. The summed E-state index contributed by atoms with van der Waals surface area (Å²) in [6.45, 7) is 2.07. The van der Waals surface area contributed by atoms with Crippen LogP contribution in [0.3, 0.4) is 0 Å². The number of nitrogens with zero attached hydrogens (tertiary/aromatic N) is 1. The molecule has 2 heterocycles. The second-order valence-corrected chi connectivity index (χ2v) is 8.45. The molecule has 7 heteroatoms. The van der Waals surface area contributed by atoms with Crippen LogP contribution in [0, 0.1) is 5.82 Å². The van der Waals surface area contributed by atoms with Gasteiger partial charge in [-0.05, 0) is 52.5 Å². The summed E-state index contributed by atoms with van der Waals surface area (Å²) >= 11 is 5.06. The number of rotatable bonds is 6. The first-order valence-corrected chi connectivity index (χ1v) is 10.2. The summed E-state index contributed by atoms with van der Waals surface area (Å²) in [5.74, 6) is -0.226. The van der Waals surface area contributed by atoms with E-state index in [1.54, 1.807) is 28.4 Å². The summed E-state index contributed by atoms with van der Waals surface area (Å²) in [5, 5.41) is 5.45. The van der Waals surface area contributed by atoms with Crippen molar-refractivity contribution in [3.63, 3.8) is 0 Å². The van der Waals surface area contributed by atoms with Crippen LogP contribution in [0.4, 0.5) is 4.39 Å². The van der Waals surface area contributed by atoms with E-state index in [1.807, 2.05) is 18.5 Å². The second kappa shape index (κ2) is 8.61. The Morgan fingerprint density at radius 2 is 2.04 bits per heavy atom. The zero-order chi connectivity index (χ0) is 18.6. The Balaban J connectivity index is 1.65. The van der Waals surface area contributed by atoms with E-state index in [2.05, 4.69) is 21.2 Å². The Bertz CT molecular complexity index is 744. The van der Waals surface area contributed by atoms with E-state index >= 15 is 0 Å². The highest BCUT2D eigenvalue weighted by atomic mass is 79.9. The van der Waals surface area contributed by atoms with Gasteiger partial charge in [0.25, 0.3) is 0 Å². The van der Waals surface area contributed by atoms with Gasteiger partial charge in [0.2, 0.25) is 5.91 Å². The fourth-order valence-corrected chi connectivity index (χ4v) is 4.70. The number of halogens is 2. The molecule has 1 amide bonds. The molecule has 1 saturated heterocycles. The molecule has 26 heavy (non-hydrogen) atoms. The summed E-state index contributed by atoms with van der Waals surface area (Å²) in [5.41, 5.74) is 0.647. The van der Waals surface area contributed by atoms with Crippen LogP contribution in [0.2, 0.25) is 0 Å². The maximum Gasteiger partial charge on any atom is 0.236 e. The average molecular weight is 441 g/mol. The highest BCUT2D eigenvalue weighted by Gasteiger charge is 2.34. The third kappa shape index (κ3) is 4.71. The summed E-state index contributed by atoms with van der Waals surface area (Å²) in [7, 11) is 1.81. The van der Waals surface area contributed by atoms with Crippen molar-refractivity contribution in [2.75, 3.05) is 26.8 Å². The number of nitrogens with one attached hydrogen (secondary N) is 1. The minimum atomic E-state index is -0.353. The zero-order valence-corrected chi connectivity index (χ0v) is 17.0. The molecule has 1 aromatic carbocycles. The van der Waals surface area contributed by atoms with Crippen LogP contribution < -0.4 is 5.32 Å². The van der Waals surface area contributed by atoms with Crippen LogP contribution in [0.5, 0.6) is 0 Å². The molecule has 1 aliphatic rings. The molecule has 3 rings (SSSR count). The molecule has 2 aromatic rings. The summed E-state index contributed by atoms with van der Waals surface area (Å²) < 4.78 is 19.8. The maximum absolute atomic E-state index is 13.3. The molecule has 0 aliphatic carbocycles. The van der Waals surface area contributed by atoms with Crippen molar-refractivity contribution in [3.05, 3.63) is 56.4 Å². The molecule has 0 unspecified atom stereocenters. The fraction of sp³-hybridized carbons (Fsp3) is 0.421. The Morgan fingerprint density at radius 1 is 1.35 bits per heavy atom. The van der Waals surface area contributed by atoms with Crippen molar-refractivity contribution >= 4 is 33.2 Å². The van der Waals surface area contributed by atoms with Gasteiger partial charge in [-0.1, -0.05) is 12.1 Å². The lowest BCUT2D eigenvalue weighted by molar-refractivity contribution is -0.130. The molecule has 1 fully saturated rings. The highest BCUT2D eigenvalue weighted by molar-refractivity contribution is 9.10. The molecule has 4 nitrogen and oxygen atoms in total. The first kappa shape index (κ1) is 19.5. The van der Waals surface area contributed by atoms with E-state index in [0.717, 1.165) is 27.8 Å². The van der Waals surface area contributed by atoms with Crippen LogP contribution in [-0.4, -0.2) is 37.6 Å². The fourth-order valence-electron chi connectivity index (χ4n) is 3.19. The number of ether oxygens (including phenoxy) is 1. The molecule has 0 saturated carbocycles. The topological polar surface area (TPSA) is 41.6 Å². The number of thiophene rings is 1. The SMILES string of the molecule is CN(Cc1cc(Br)cs1)C(=O)CNC1(c2ccc(F)cc2)CCOCC1. The lowest BCUT2D eigenvalue weighted by Crippen LogP contribution is -2.50. The normalized spacial score (nSPS) is 16.4. The monoisotopic (exact) mass is 440 g/mol. The highest BCUT2D eigenvalue weighted by Crippen LogP contribution is 2.32. The third-order valence-corrected chi connectivity index (χ3v) is 6.44. The molecular formula is C19H22BrFN2O2S. The lowest BCUT2D eigenvalue weighted by atomic mass is 9.82. The van der Waals surface area contributed by atoms with Crippen LogP contribution in [-0.2, 0) is 21.6 Å². The molecule has 140 valence electrons. The first-order valence-electron chi connectivity index (χ1n) is 8.54. The van der Waals surface area contributed by atoms with Gasteiger partial charge in [-0.15, -0.1) is 11.3 Å². The minimum Gasteiger partial charge on any atom is -0.381 e. The summed E-state index contributed by atoms with van der Waals surface area (Å²) in [6, 6.07) is 8.56. The van der Waals surface area contributed by atoms with Gasteiger partial charge in [0, 0.05) is 40.5 Å². The van der Waals surface area contributed by atoms with Crippen molar-refractivity contribution in [1.82, 2.24) is 10.2 Å². The predicted molar refractivity (Wildman–Crippen MR) is 105 cm³/mol. The Labute approximate surface area is 165 Å². The number of hydrogen-bond acceptors (Lipinski definition) is 4. The quantitative estimate of drug-likeness (QED) is 0.740. The van der Waals surface area contributed by atoms with Gasteiger partial charge in [-0.3, -0.25) is 10.1 Å². The van der Waals surface area contributed by atoms with E-state index in [0.29, 0.717) is 19.8 Å². The Hall–Kier alpha value is -1.28. The van der Waals surface area contributed by atoms with E-state index in [9.17, 15) is 9.18 Å². The van der Waals surface area contributed by atoms with Gasteiger partial charge in [-0.2, -0.15) is 0 Å². The minimum absolute atomic E-state index is 0.0301. The van der Waals surface area contributed by atoms with Gasteiger partial charge in [0.1, 0.15) is 5.82 Å². The summed E-state index contributed by atoms with van der Waals surface area (Å²) in [4.78, 5) is 15.4. The maximum atomic E-state index is 13.3. The molecule has 1 aliphatic heterocycles. The van der Waals surface area contributed by atoms with Crippen molar-refractivity contribution in [3.8, 4) is 0 Å². The standard InChI is InChI=1S/C19H22BrFN2O2S/c1-23(12-17-10-15(20)13-26-17)18(24)11-22-19(6-8-25-9-7-19)14-2-4-16(21)5-3-14/h2-5,10,13,22H,6-9,11-12H2,1H3. The molecule has 1 N–H and O–H groups in total. The van der Waals surface area contributed by atoms with Crippen LogP contribution >= 0.6 is 27.3 Å². The largest absolute Gasteiger partial charge is 0.381 e. The molecule has 0 bridgehead atoms. The number of hydrogen-bond donors (Lipinski definition) is 1. The zero-order valence-electron chi connectivity index (χ0n) is 14.6. The third-order valence-electron chi connectivity index (χ3n) is 4.76. The van der Waals surface area contributed by atoms with Gasteiger partial charge in [0.15, 0.2) is 0 Å².